The van der Waals surface area contributed by atoms with Crippen molar-refractivity contribution in [1.82, 2.24) is 0 Å². The first-order valence-corrected chi connectivity index (χ1v) is 5.00. The molecule has 0 aromatic heterocycles. The molecule has 4 nitrogen and oxygen atoms in total. The van der Waals surface area contributed by atoms with E-state index in [0.717, 1.165) is 4.47 Å². The average molecular weight is 275 g/mol. The van der Waals surface area contributed by atoms with Gasteiger partial charge in [0.2, 0.25) is 0 Å². The van der Waals surface area contributed by atoms with Crippen molar-refractivity contribution in [3.8, 4) is 11.5 Å². The third-order valence-electron chi connectivity index (χ3n) is 1.90. The second kappa shape index (κ2) is 5.02. The molecular formula is C10H11BrO4. The van der Waals surface area contributed by atoms with Gasteiger partial charge in [-0.1, -0.05) is 0 Å². The highest BCUT2D eigenvalue weighted by atomic mass is 79.9. The van der Waals surface area contributed by atoms with Crippen molar-refractivity contribution in [3.63, 3.8) is 0 Å². The molecule has 0 aliphatic rings. The van der Waals surface area contributed by atoms with Crippen molar-refractivity contribution in [3.05, 3.63) is 22.2 Å². The summed E-state index contributed by atoms with van der Waals surface area (Å²) in [4.78, 5) is 10.6. The summed E-state index contributed by atoms with van der Waals surface area (Å²) in [6, 6.07) is 3.34. The molecule has 1 rings (SSSR count). The van der Waals surface area contributed by atoms with Crippen molar-refractivity contribution < 1.29 is 19.4 Å². The monoisotopic (exact) mass is 274 g/mol. The number of hydrogen-bond donors (Lipinski definition) is 1. The normalized spacial score (nSPS) is 9.80. The highest BCUT2D eigenvalue weighted by Crippen LogP contribution is 2.32. The van der Waals surface area contributed by atoms with Crippen molar-refractivity contribution in [2.45, 2.75) is 6.42 Å². The molecule has 0 unspecified atom stereocenters. The van der Waals surface area contributed by atoms with Crippen LogP contribution in [0.2, 0.25) is 0 Å². The minimum Gasteiger partial charge on any atom is -0.496 e. The van der Waals surface area contributed by atoms with E-state index in [4.69, 9.17) is 14.6 Å². The molecule has 1 N–H and O–H groups in total. The second-order valence-corrected chi connectivity index (χ2v) is 3.72. The van der Waals surface area contributed by atoms with Crippen LogP contribution in [-0.2, 0) is 11.2 Å². The number of methoxy groups -OCH3 is 2. The maximum Gasteiger partial charge on any atom is 0.307 e. The average Bonchev–Trinajstić information content (AvgIpc) is 2.19. The standard InChI is InChI=1S/C10H11BrO4/c1-14-8-5-7(11)9(15-2)3-6(8)4-10(12)13/h3,5H,4H2,1-2H3,(H,12,13). The zero-order valence-electron chi connectivity index (χ0n) is 8.41. The molecule has 1 aromatic carbocycles. The number of hydrogen-bond acceptors (Lipinski definition) is 3. The summed E-state index contributed by atoms with van der Waals surface area (Å²) in [7, 11) is 3.02. The van der Waals surface area contributed by atoms with Crippen molar-refractivity contribution in [2.75, 3.05) is 14.2 Å². The van der Waals surface area contributed by atoms with Gasteiger partial charge < -0.3 is 14.6 Å². The Balaban J connectivity index is 3.16. The largest absolute Gasteiger partial charge is 0.496 e. The minimum atomic E-state index is -0.905. The summed E-state index contributed by atoms with van der Waals surface area (Å²) in [5.41, 5.74) is 0.588. The molecule has 0 heterocycles. The third-order valence-corrected chi connectivity index (χ3v) is 2.52. The number of halogens is 1. The fourth-order valence-corrected chi connectivity index (χ4v) is 1.71. The molecule has 82 valence electrons. The maximum atomic E-state index is 10.6. The van der Waals surface area contributed by atoms with Gasteiger partial charge in [-0.3, -0.25) is 4.79 Å². The Kier molecular flexibility index (Phi) is 3.96. The predicted octanol–water partition coefficient (Wildman–Crippen LogP) is 2.09. The van der Waals surface area contributed by atoms with E-state index in [1.165, 1.54) is 14.2 Å². The summed E-state index contributed by atoms with van der Waals surface area (Å²) in [5.74, 6) is 0.217. The lowest BCUT2D eigenvalue weighted by Crippen LogP contribution is -2.03. The molecule has 1 aromatic rings. The third kappa shape index (κ3) is 2.86. The van der Waals surface area contributed by atoms with Crippen LogP contribution >= 0.6 is 15.9 Å². The Morgan fingerprint density at radius 2 is 1.93 bits per heavy atom. The van der Waals surface area contributed by atoms with Crippen molar-refractivity contribution in [2.24, 2.45) is 0 Å². The molecule has 0 fully saturated rings. The number of rotatable bonds is 4. The summed E-state index contributed by atoms with van der Waals surface area (Å²) in [6.45, 7) is 0. The number of ether oxygens (including phenoxy) is 2. The number of benzene rings is 1. The Labute approximate surface area is 95.9 Å². The first-order valence-electron chi connectivity index (χ1n) is 4.20. The molecule has 0 radical (unpaired) electrons. The summed E-state index contributed by atoms with van der Waals surface area (Å²) >= 11 is 3.30. The lowest BCUT2D eigenvalue weighted by atomic mass is 10.1. The van der Waals surface area contributed by atoms with Crippen LogP contribution in [0.3, 0.4) is 0 Å². The Bertz CT molecular complexity index is 376. The molecule has 15 heavy (non-hydrogen) atoms. The van der Waals surface area contributed by atoms with Gasteiger partial charge in [-0.25, -0.2) is 0 Å². The molecule has 5 heteroatoms. The molecule has 0 bridgehead atoms. The predicted molar refractivity (Wildman–Crippen MR) is 58.6 cm³/mol. The fourth-order valence-electron chi connectivity index (χ4n) is 1.22. The van der Waals surface area contributed by atoms with Gasteiger partial charge in [0.25, 0.3) is 0 Å². The molecule has 0 amide bonds. The van der Waals surface area contributed by atoms with E-state index in [1.54, 1.807) is 12.1 Å². The highest BCUT2D eigenvalue weighted by Gasteiger charge is 2.12. The Hall–Kier alpha value is -1.23. The van der Waals surface area contributed by atoms with Crippen LogP contribution in [0.1, 0.15) is 5.56 Å². The van der Waals surface area contributed by atoms with E-state index in [1.807, 2.05) is 0 Å². The minimum absolute atomic E-state index is 0.0905. The second-order valence-electron chi connectivity index (χ2n) is 2.87. The quantitative estimate of drug-likeness (QED) is 0.914. The maximum absolute atomic E-state index is 10.6. The fraction of sp³-hybridized carbons (Fsp3) is 0.300. The smallest absolute Gasteiger partial charge is 0.307 e. The molecule has 0 spiro atoms. The summed E-state index contributed by atoms with van der Waals surface area (Å²) in [6.07, 6.45) is -0.0905. The van der Waals surface area contributed by atoms with Crippen molar-refractivity contribution in [1.29, 1.82) is 0 Å². The SMILES string of the molecule is COc1cc(CC(=O)O)c(OC)cc1Br. The van der Waals surface area contributed by atoms with Crippen LogP contribution in [0.25, 0.3) is 0 Å². The van der Waals surface area contributed by atoms with Crippen LogP contribution in [-0.4, -0.2) is 25.3 Å². The van der Waals surface area contributed by atoms with Gasteiger partial charge in [0.15, 0.2) is 0 Å². The molecule has 0 aliphatic carbocycles. The summed E-state index contributed by atoms with van der Waals surface area (Å²) < 4.78 is 10.9. The zero-order chi connectivity index (χ0) is 11.4. The molecule has 0 saturated carbocycles. The molecule has 0 atom stereocenters. The zero-order valence-corrected chi connectivity index (χ0v) is 10.00. The van der Waals surface area contributed by atoms with Gasteiger partial charge in [-0.05, 0) is 28.1 Å². The van der Waals surface area contributed by atoms with Crippen LogP contribution in [0.4, 0.5) is 0 Å². The van der Waals surface area contributed by atoms with Crippen LogP contribution in [0.5, 0.6) is 11.5 Å². The number of carbonyl (C=O) groups is 1. The lowest BCUT2D eigenvalue weighted by molar-refractivity contribution is -0.136. The van der Waals surface area contributed by atoms with E-state index in [-0.39, 0.29) is 6.42 Å². The Morgan fingerprint density at radius 1 is 1.33 bits per heavy atom. The summed E-state index contributed by atoms with van der Waals surface area (Å²) in [5, 5.41) is 8.71. The highest BCUT2D eigenvalue weighted by molar-refractivity contribution is 9.10. The van der Waals surface area contributed by atoms with Crippen LogP contribution < -0.4 is 9.47 Å². The Morgan fingerprint density at radius 3 is 2.40 bits per heavy atom. The van der Waals surface area contributed by atoms with E-state index in [9.17, 15) is 4.79 Å². The van der Waals surface area contributed by atoms with Gasteiger partial charge >= 0.3 is 5.97 Å². The first kappa shape index (κ1) is 11.8. The number of aliphatic carboxylic acids is 1. The van der Waals surface area contributed by atoms with Gasteiger partial charge in [0.1, 0.15) is 11.5 Å². The van der Waals surface area contributed by atoms with E-state index in [0.29, 0.717) is 17.1 Å². The van der Waals surface area contributed by atoms with Crippen molar-refractivity contribution >= 4 is 21.9 Å². The van der Waals surface area contributed by atoms with E-state index in [2.05, 4.69) is 15.9 Å². The van der Waals surface area contributed by atoms with Crippen LogP contribution in [0.15, 0.2) is 16.6 Å². The molecule has 0 saturated heterocycles. The lowest BCUT2D eigenvalue weighted by Gasteiger charge is -2.10. The topological polar surface area (TPSA) is 55.8 Å². The van der Waals surface area contributed by atoms with Gasteiger partial charge in [-0.2, -0.15) is 0 Å². The van der Waals surface area contributed by atoms with E-state index >= 15 is 0 Å². The first-order chi connectivity index (χ1) is 7.08. The van der Waals surface area contributed by atoms with E-state index < -0.39 is 5.97 Å². The molecular weight excluding hydrogens is 264 g/mol. The van der Waals surface area contributed by atoms with Crippen LogP contribution in [0, 0.1) is 0 Å². The molecule has 0 aliphatic heterocycles. The van der Waals surface area contributed by atoms with Gasteiger partial charge in [0.05, 0.1) is 25.1 Å². The number of carboxylic acid groups (broad SMARTS) is 1. The van der Waals surface area contributed by atoms with Gasteiger partial charge in [0, 0.05) is 5.56 Å². The number of carboxylic acids is 1. The van der Waals surface area contributed by atoms with Gasteiger partial charge in [-0.15, -0.1) is 0 Å².